The largest absolute Gasteiger partial charge is 0.347 e. The van der Waals surface area contributed by atoms with Crippen molar-refractivity contribution in [3.05, 3.63) is 29.9 Å². The monoisotopic (exact) mass is 375 g/mol. The van der Waals surface area contributed by atoms with Gasteiger partial charge in [0.15, 0.2) is 4.87 Å². The van der Waals surface area contributed by atoms with Crippen LogP contribution in [0.3, 0.4) is 0 Å². The molecule has 138 valence electrons. The van der Waals surface area contributed by atoms with Crippen molar-refractivity contribution in [2.24, 2.45) is 0 Å². The van der Waals surface area contributed by atoms with Gasteiger partial charge in [-0.2, -0.15) is 0 Å². The van der Waals surface area contributed by atoms with E-state index in [1.165, 1.54) is 11.3 Å². The van der Waals surface area contributed by atoms with Gasteiger partial charge in [-0.05, 0) is 18.9 Å². The van der Waals surface area contributed by atoms with Crippen LogP contribution in [0.15, 0.2) is 18.2 Å². The van der Waals surface area contributed by atoms with E-state index in [2.05, 4.69) is 15.5 Å². The van der Waals surface area contributed by atoms with Crippen LogP contribution in [0.4, 0.5) is 0 Å². The number of carbonyl (C=O) groups excluding carboxylic acids is 2. The van der Waals surface area contributed by atoms with E-state index in [-0.39, 0.29) is 29.6 Å². The van der Waals surface area contributed by atoms with E-state index >= 15 is 0 Å². The normalized spacial score (nSPS) is 28.0. The molecule has 1 aromatic rings. The summed E-state index contributed by atoms with van der Waals surface area (Å²) in [5.74, 6) is 0.856. The lowest BCUT2D eigenvalue weighted by Gasteiger charge is -2.34. The van der Waals surface area contributed by atoms with Crippen LogP contribution in [0.5, 0.6) is 0 Å². The summed E-state index contributed by atoms with van der Waals surface area (Å²) in [6.45, 7) is 0. The third kappa shape index (κ3) is 2.65. The number of nitrogens with zero attached hydrogens (tertiary/aromatic N) is 4. The number of rotatable bonds is 2. The summed E-state index contributed by atoms with van der Waals surface area (Å²) in [4.78, 5) is 25.2. The molecule has 0 aromatic carbocycles. The predicted molar refractivity (Wildman–Crippen MR) is 97.8 cm³/mol. The van der Waals surface area contributed by atoms with E-state index in [1.54, 1.807) is 32.3 Å². The minimum absolute atomic E-state index is 0.230. The fourth-order valence-corrected chi connectivity index (χ4v) is 4.37. The third-order valence-electron chi connectivity index (χ3n) is 5.35. The Kier molecular flexibility index (Phi) is 4.14. The number of hydrogen-bond donors (Lipinski definition) is 1. The van der Waals surface area contributed by atoms with Crippen molar-refractivity contribution >= 4 is 29.1 Å². The maximum absolute atomic E-state index is 12.6. The van der Waals surface area contributed by atoms with E-state index in [4.69, 9.17) is 11.6 Å². The second-order valence-corrected chi connectivity index (χ2v) is 8.02. The van der Waals surface area contributed by atoms with Gasteiger partial charge in [-0.3, -0.25) is 14.2 Å². The highest BCUT2D eigenvalue weighted by molar-refractivity contribution is 6.38. The molecule has 1 saturated carbocycles. The molecule has 8 heteroatoms. The molecule has 1 fully saturated rings. The average molecular weight is 376 g/mol. The minimum atomic E-state index is -1.28. The lowest BCUT2D eigenvalue weighted by molar-refractivity contribution is -0.129. The van der Waals surface area contributed by atoms with E-state index in [9.17, 15) is 9.59 Å². The number of alkyl halides is 1. The molecule has 2 amide bonds. The SMILES string of the molecule is CN(C)C(=O)C1(Cl)C=CC2NC(=O)c3nnc(C4CCCCC4)n3C2=C1. The molecule has 0 saturated heterocycles. The Labute approximate surface area is 157 Å². The van der Waals surface area contributed by atoms with Gasteiger partial charge in [-0.1, -0.05) is 43.0 Å². The molecule has 1 aromatic heterocycles. The van der Waals surface area contributed by atoms with Gasteiger partial charge in [0.1, 0.15) is 5.82 Å². The Bertz CT molecular complexity index is 822. The number of nitrogens with one attached hydrogen (secondary N) is 1. The lowest BCUT2D eigenvalue weighted by atomic mass is 9.88. The van der Waals surface area contributed by atoms with E-state index < -0.39 is 4.87 Å². The van der Waals surface area contributed by atoms with Crippen LogP contribution in [0, 0.1) is 0 Å². The number of carbonyl (C=O) groups is 2. The highest BCUT2D eigenvalue weighted by Gasteiger charge is 2.42. The molecule has 2 atom stereocenters. The summed E-state index contributed by atoms with van der Waals surface area (Å²) in [5.41, 5.74) is 0.748. The Morgan fingerprint density at radius 3 is 2.73 bits per heavy atom. The van der Waals surface area contributed by atoms with Crippen molar-refractivity contribution in [1.82, 2.24) is 25.0 Å². The molecule has 0 bridgehead atoms. The van der Waals surface area contributed by atoms with Crippen LogP contribution in [0.2, 0.25) is 0 Å². The molecule has 1 N–H and O–H groups in total. The van der Waals surface area contributed by atoms with Gasteiger partial charge in [-0.25, -0.2) is 0 Å². The summed E-state index contributed by atoms with van der Waals surface area (Å²) in [6.07, 6.45) is 10.7. The second kappa shape index (κ2) is 6.23. The first kappa shape index (κ1) is 17.3. The molecule has 0 spiro atoms. The molecule has 2 unspecified atom stereocenters. The molecular formula is C18H22ClN5O2. The van der Waals surface area contributed by atoms with Crippen LogP contribution < -0.4 is 5.32 Å². The fraction of sp³-hybridized carbons (Fsp3) is 0.556. The van der Waals surface area contributed by atoms with Gasteiger partial charge in [0, 0.05) is 20.0 Å². The zero-order valence-electron chi connectivity index (χ0n) is 14.9. The highest BCUT2D eigenvalue weighted by atomic mass is 35.5. The van der Waals surface area contributed by atoms with Crippen LogP contribution in [-0.2, 0) is 4.79 Å². The summed E-state index contributed by atoms with van der Waals surface area (Å²) in [5, 5.41) is 11.4. The van der Waals surface area contributed by atoms with Gasteiger partial charge in [0.2, 0.25) is 5.82 Å². The zero-order chi connectivity index (χ0) is 18.5. The highest BCUT2D eigenvalue weighted by Crippen LogP contribution is 2.38. The third-order valence-corrected chi connectivity index (χ3v) is 5.74. The molecule has 2 aliphatic carbocycles. The van der Waals surface area contributed by atoms with Gasteiger partial charge in [0.05, 0.1) is 11.7 Å². The summed E-state index contributed by atoms with van der Waals surface area (Å²) in [6, 6.07) is -0.338. The van der Waals surface area contributed by atoms with E-state index in [0.29, 0.717) is 0 Å². The van der Waals surface area contributed by atoms with Crippen LogP contribution in [0.1, 0.15) is 54.5 Å². The van der Waals surface area contributed by atoms with Crippen LogP contribution in [-0.4, -0.2) is 56.5 Å². The average Bonchev–Trinajstić information content (AvgIpc) is 3.08. The number of fused-ring (bicyclic) bond motifs is 3. The first-order valence-electron chi connectivity index (χ1n) is 9.00. The quantitative estimate of drug-likeness (QED) is 0.632. The molecule has 2 heterocycles. The summed E-state index contributed by atoms with van der Waals surface area (Å²) >= 11 is 6.63. The molecule has 4 rings (SSSR count). The standard InChI is InChI=1S/C18H22ClN5O2/c1-23(2)17(26)18(19)9-8-12-13(10-18)24-14(11-6-4-3-5-7-11)21-22-15(24)16(25)20-12/h8-12H,3-7H2,1-2H3,(H,20,25). The molecule has 1 aliphatic heterocycles. The first-order valence-corrected chi connectivity index (χ1v) is 9.38. The molecular weight excluding hydrogens is 354 g/mol. The van der Waals surface area contributed by atoms with E-state index in [0.717, 1.165) is 37.2 Å². The molecule has 7 nitrogen and oxygen atoms in total. The Balaban J connectivity index is 1.81. The zero-order valence-corrected chi connectivity index (χ0v) is 15.7. The van der Waals surface area contributed by atoms with Crippen molar-refractivity contribution in [3.8, 4) is 0 Å². The van der Waals surface area contributed by atoms with Gasteiger partial charge >= 0.3 is 0 Å². The fourth-order valence-electron chi connectivity index (χ4n) is 4.02. The maximum Gasteiger partial charge on any atom is 0.290 e. The molecule has 0 radical (unpaired) electrons. The molecule has 26 heavy (non-hydrogen) atoms. The summed E-state index contributed by atoms with van der Waals surface area (Å²) < 4.78 is 1.82. The number of amides is 2. The number of halogens is 1. The van der Waals surface area contributed by atoms with Crippen molar-refractivity contribution in [1.29, 1.82) is 0 Å². The van der Waals surface area contributed by atoms with Crippen molar-refractivity contribution in [2.45, 2.75) is 48.9 Å². The van der Waals surface area contributed by atoms with Gasteiger partial charge in [0.25, 0.3) is 11.8 Å². The smallest absolute Gasteiger partial charge is 0.290 e. The number of aromatic nitrogens is 3. The van der Waals surface area contributed by atoms with Crippen molar-refractivity contribution < 1.29 is 9.59 Å². The van der Waals surface area contributed by atoms with Crippen molar-refractivity contribution in [3.63, 3.8) is 0 Å². The number of hydrogen-bond acceptors (Lipinski definition) is 4. The van der Waals surface area contributed by atoms with Crippen molar-refractivity contribution in [2.75, 3.05) is 14.1 Å². The second-order valence-electron chi connectivity index (χ2n) is 7.40. The van der Waals surface area contributed by atoms with Crippen LogP contribution in [0.25, 0.3) is 5.70 Å². The maximum atomic E-state index is 12.6. The Morgan fingerprint density at radius 1 is 1.31 bits per heavy atom. The topological polar surface area (TPSA) is 80.1 Å². The minimum Gasteiger partial charge on any atom is -0.347 e. The van der Waals surface area contributed by atoms with Gasteiger partial charge < -0.3 is 10.2 Å². The molecule has 3 aliphatic rings. The van der Waals surface area contributed by atoms with Gasteiger partial charge in [-0.15, -0.1) is 10.2 Å². The predicted octanol–water partition coefficient (Wildman–Crippen LogP) is 1.91. The van der Waals surface area contributed by atoms with E-state index in [1.807, 2.05) is 4.57 Å². The van der Waals surface area contributed by atoms with Crippen LogP contribution >= 0.6 is 11.6 Å². The Hall–Kier alpha value is -2.15. The first-order chi connectivity index (χ1) is 12.4. The Morgan fingerprint density at radius 2 is 2.04 bits per heavy atom. The summed E-state index contributed by atoms with van der Waals surface area (Å²) in [7, 11) is 3.34. The lowest BCUT2D eigenvalue weighted by Crippen LogP contribution is -2.48.